The standard InChI is InChI=1S/C17H17FN2O3S/c1-12(23-15-10-6-5-9-14(15)18)17(22)20-19-16(21)11-24-13-7-3-2-4-8-13/h2-10,12H,11H2,1H3,(H,19,21)(H,20,22)/t12-/m1/s1. The fraction of sp³-hybridized carbons (Fsp3) is 0.176. The molecule has 0 aliphatic rings. The van der Waals surface area contributed by atoms with Crippen LogP contribution in [0, 0.1) is 5.82 Å². The van der Waals surface area contributed by atoms with Crippen LogP contribution in [-0.4, -0.2) is 23.7 Å². The van der Waals surface area contributed by atoms with E-state index < -0.39 is 17.8 Å². The summed E-state index contributed by atoms with van der Waals surface area (Å²) in [6.07, 6.45) is -0.955. The van der Waals surface area contributed by atoms with Gasteiger partial charge in [-0.05, 0) is 31.2 Å². The monoisotopic (exact) mass is 348 g/mol. The Morgan fingerprint density at radius 2 is 1.75 bits per heavy atom. The smallest absolute Gasteiger partial charge is 0.279 e. The highest BCUT2D eigenvalue weighted by molar-refractivity contribution is 8.00. The third kappa shape index (κ3) is 5.58. The molecule has 0 aliphatic heterocycles. The molecule has 0 spiro atoms. The van der Waals surface area contributed by atoms with Gasteiger partial charge in [-0.15, -0.1) is 11.8 Å². The van der Waals surface area contributed by atoms with E-state index in [1.165, 1.54) is 36.9 Å². The molecule has 2 aromatic carbocycles. The molecule has 0 radical (unpaired) electrons. The van der Waals surface area contributed by atoms with Gasteiger partial charge in [-0.25, -0.2) is 4.39 Å². The van der Waals surface area contributed by atoms with Gasteiger partial charge >= 0.3 is 0 Å². The first-order valence-electron chi connectivity index (χ1n) is 7.24. The first kappa shape index (κ1) is 17.8. The molecule has 0 fully saturated rings. The number of hydrazine groups is 1. The molecule has 2 rings (SSSR count). The highest BCUT2D eigenvalue weighted by Crippen LogP contribution is 2.17. The number of rotatable bonds is 6. The van der Waals surface area contributed by atoms with Crippen molar-refractivity contribution in [1.29, 1.82) is 0 Å². The number of ether oxygens (including phenoxy) is 1. The van der Waals surface area contributed by atoms with Gasteiger partial charge in [0.2, 0.25) is 5.91 Å². The topological polar surface area (TPSA) is 67.4 Å². The van der Waals surface area contributed by atoms with Crippen LogP contribution in [0.5, 0.6) is 5.75 Å². The van der Waals surface area contributed by atoms with Crippen molar-refractivity contribution in [1.82, 2.24) is 10.9 Å². The Bertz CT molecular complexity index is 697. The van der Waals surface area contributed by atoms with Gasteiger partial charge in [-0.2, -0.15) is 0 Å². The lowest BCUT2D eigenvalue weighted by molar-refractivity contribution is -0.132. The maximum absolute atomic E-state index is 13.5. The molecule has 1 atom stereocenters. The molecule has 0 unspecified atom stereocenters. The zero-order valence-electron chi connectivity index (χ0n) is 13.0. The summed E-state index contributed by atoms with van der Waals surface area (Å²) in [6.45, 7) is 1.46. The van der Waals surface area contributed by atoms with Crippen molar-refractivity contribution in [3.8, 4) is 5.75 Å². The Morgan fingerprint density at radius 3 is 2.46 bits per heavy atom. The molecule has 2 N–H and O–H groups in total. The van der Waals surface area contributed by atoms with Gasteiger partial charge in [0, 0.05) is 4.90 Å². The molecule has 0 saturated carbocycles. The largest absolute Gasteiger partial charge is 0.478 e. The van der Waals surface area contributed by atoms with Gasteiger partial charge in [0.1, 0.15) is 0 Å². The third-order valence-electron chi connectivity index (χ3n) is 2.95. The molecule has 126 valence electrons. The number of carbonyl (C=O) groups excluding carboxylic acids is 2. The zero-order chi connectivity index (χ0) is 17.4. The van der Waals surface area contributed by atoms with Crippen LogP contribution < -0.4 is 15.6 Å². The van der Waals surface area contributed by atoms with Crippen molar-refractivity contribution in [2.24, 2.45) is 0 Å². The molecule has 0 saturated heterocycles. The van der Waals surface area contributed by atoms with Crippen LogP contribution in [0.2, 0.25) is 0 Å². The molecular weight excluding hydrogens is 331 g/mol. The van der Waals surface area contributed by atoms with Crippen LogP contribution in [0.15, 0.2) is 59.5 Å². The van der Waals surface area contributed by atoms with Gasteiger partial charge in [0.05, 0.1) is 5.75 Å². The average molecular weight is 348 g/mol. The minimum absolute atomic E-state index is 0.0221. The molecule has 2 aromatic rings. The Hall–Kier alpha value is -2.54. The van der Waals surface area contributed by atoms with E-state index >= 15 is 0 Å². The molecule has 2 amide bonds. The van der Waals surface area contributed by atoms with E-state index in [1.807, 2.05) is 30.3 Å². The highest BCUT2D eigenvalue weighted by atomic mass is 32.2. The van der Waals surface area contributed by atoms with Gasteiger partial charge in [-0.1, -0.05) is 30.3 Å². The molecular formula is C17H17FN2O3S. The maximum Gasteiger partial charge on any atom is 0.279 e. The number of hydrogen-bond acceptors (Lipinski definition) is 4. The van der Waals surface area contributed by atoms with E-state index in [9.17, 15) is 14.0 Å². The summed E-state index contributed by atoms with van der Waals surface area (Å²) < 4.78 is 18.7. The minimum atomic E-state index is -0.955. The predicted octanol–water partition coefficient (Wildman–Crippen LogP) is 2.53. The molecule has 24 heavy (non-hydrogen) atoms. The van der Waals surface area contributed by atoms with Crippen LogP contribution >= 0.6 is 11.8 Å². The van der Waals surface area contributed by atoms with Gasteiger partial charge in [0.25, 0.3) is 5.91 Å². The minimum Gasteiger partial charge on any atom is -0.478 e. The molecule has 5 nitrogen and oxygen atoms in total. The highest BCUT2D eigenvalue weighted by Gasteiger charge is 2.17. The predicted molar refractivity (Wildman–Crippen MR) is 89.9 cm³/mol. The fourth-order valence-electron chi connectivity index (χ4n) is 1.72. The van der Waals surface area contributed by atoms with Crippen molar-refractivity contribution in [3.05, 3.63) is 60.4 Å². The molecule has 0 bridgehead atoms. The Balaban J connectivity index is 1.73. The number of hydrogen-bond donors (Lipinski definition) is 2. The van der Waals surface area contributed by atoms with Crippen LogP contribution in [0.3, 0.4) is 0 Å². The van der Waals surface area contributed by atoms with Crippen LogP contribution in [-0.2, 0) is 9.59 Å². The quantitative estimate of drug-likeness (QED) is 0.622. The molecule has 0 heterocycles. The van der Waals surface area contributed by atoms with Crippen LogP contribution in [0.25, 0.3) is 0 Å². The fourth-order valence-corrected chi connectivity index (χ4v) is 2.44. The van der Waals surface area contributed by atoms with E-state index in [1.54, 1.807) is 6.07 Å². The van der Waals surface area contributed by atoms with Crippen LogP contribution in [0.1, 0.15) is 6.92 Å². The van der Waals surface area contributed by atoms with Gasteiger partial charge < -0.3 is 4.74 Å². The summed E-state index contributed by atoms with van der Waals surface area (Å²) in [4.78, 5) is 24.5. The Kier molecular flexibility index (Phi) is 6.62. The summed E-state index contributed by atoms with van der Waals surface area (Å²) in [7, 11) is 0. The SMILES string of the molecule is C[C@@H](Oc1ccccc1F)C(=O)NNC(=O)CSc1ccccc1. The number of benzene rings is 2. The second kappa shape index (κ2) is 8.93. The first-order valence-corrected chi connectivity index (χ1v) is 8.22. The van der Waals surface area contributed by atoms with Crippen molar-refractivity contribution in [2.45, 2.75) is 17.9 Å². The number of nitrogens with one attached hydrogen (secondary N) is 2. The molecule has 0 aromatic heterocycles. The summed E-state index contributed by atoms with van der Waals surface area (Å²) in [5.74, 6) is -1.34. The van der Waals surface area contributed by atoms with E-state index in [0.717, 1.165) is 4.90 Å². The zero-order valence-corrected chi connectivity index (χ0v) is 13.8. The number of amides is 2. The number of halogens is 1. The number of para-hydroxylation sites is 1. The lowest BCUT2D eigenvalue weighted by Crippen LogP contribution is -2.47. The molecule has 7 heteroatoms. The van der Waals surface area contributed by atoms with Crippen molar-refractivity contribution in [3.63, 3.8) is 0 Å². The van der Waals surface area contributed by atoms with E-state index in [-0.39, 0.29) is 17.4 Å². The summed E-state index contributed by atoms with van der Waals surface area (Å²) in [5, 5.41) is 0. The Morgan fingerprint density at radius 1 is 1.08 bits per heavy atom. The summed E-state index contributed by atoms with van der Waals surface area (Å²) in [5.41, 5.74) is 4.56. The molecule has 0 aliphatic carbocycles. The number of thioether (sulfide) groups is 1. The van der Waals surface area contributed by atoms with Crippen molar-refractivity contribution in [2.75, 3.05) is 5.75 Å². The third-order valence-corrected chi connectivity index (χ3v) is 3.96. The first-order chi connectivity index (χ1) is 11.6. The normalized spacial score (nSPS) is 11.4. The maximum atomic E-state index is 13.5. The van der Waals surface area contributed by atoms with E-state index in [2.05, 4.69) is 10.9 Å². The van der Waals surface area contributed by atoms with Crippen molar-refractivity contribution < 1.29 is 18.7 Å². The number of carbonyl (C=O) groups is 2. The summed E-state index contributed by atoms with van der Waals surface area (Å²) in [6, 6.07) is 15.2. The lowest BCUT2D eigenvalue weighted by atomic mass is 10.3. The van der Waals surface area contributed by atoms with Gasteiger partial charge in [0.15, 0.2) is 17.7 Å². The average Bonchev–Trinajstić information content (AvgIpc) is 2.60. The van der Waals surface area contributed by atoms with E-state index in [4.69, 9.17) is 4.74 Å². The second-order valence-corrected chi connectivity index (χ2v) is 5.88. The van der Waals surface area contributed by atoms with Crippen molar-refractivity contribution >= 4 is 23.6 Å². The van der Waals surface area contributed by atoms with Crippen LogP contribution in [0.4, 0.5) is 4.39 Å². The second-order valence-electron chi connectivity index (χ2n) is 4.83. The Labute approximate surface area is 143 Å². The lowest BCUT2D eigenvalue weighted by Gasteiger charge is -2.15. The van der Waals surface area contributed by atoms with Gasteiger partial charge in [-0.3, -0.25) is 20.4 Å². The summed E-state index contributed by atoms with van der Waals surface area (Å²) >= 11 is 1.35. The van der Waals surface area contributed by atoms with E-state index in [0.29, 0.717) is 0 Å².